The molecule has 6 heteroatoms. The van der Waals surface area contributed by atoms with Gasteiger partial charge in [-0.2, -0.15) is 0 Å². The van der Waals surface area contributed by atoms with E-state index in [0.717, 1.165) is 11.3 Å². The van der Waals surface area contributed by atoms with Crippen molar-refractivity contribution in [3.05, 3.63) is 45.7 Å². The van der Waals surface area contributed by atoms with E-state index in [2.05, 4.69) is 10.3 Å². The number of rotatable bonds is 4. The van der Waals surface area contributed by atoms with Gasteiger partial charge in [-0.3, -0.25) is 4.79 Å². The number of aldehydes is 1. The normalized spacial score (nSPS) is 10.2. The van der Waals surface area contributed by atoms with Crippen LogP contribution in [0.15, 0.2) is 24.3 Å². The van der Waals surface area contributed by atoms with Crippen molar-refractivity contribution in [2.45, 2.75) is 6.54 Å². The van der Waals surface area contributed by atoms with Crippen LogP contribution in [0.1, 0.15) is 15.2 Å². The van der Waals surface area contributed by atoms with Gasteiger partial charge >= 0.3 is 0 Å². The fraction of sp³-hybridized carbons (Fsp3) is 0.0909. The van der Waals surface area contributed by atoms with Gasteiger partial charge in [-0.25, -0.2) is 9.37 Å². The minimum Gasteiger partial charge on any atom is -0.357 e. The fourth-order valence-corrected chi connectivity index (χ4v) is 2.24. The van der Waals surface area contributed by atoms with Crippen LogP contribution in [0, 0.1) is 5.82 Å². The van der Waals surface area contributed by atoms with Crippen LogP contribution in [0.4, 0.5) is 9.52 Å². The number of benzene rings is 1. The molecular weight excluding hydrogens is 263 g/mol. The van der Waals surface area contributed by atoms with Gasteiger partial charge < -0.3 is 5.32 Å². The Hall–Kier alpha value is -1.46. The third kappa shape index (κ3) is 2.81. The van der Waals surface area contributed by atoms with Crippen LogP contribution in [-0.2, 0) is 6.54 Å². The zero-order valence-electron chi connectivity index (χ0n) is 8.61. The van der Waals surface area contributed by atoms with E-state index in [-0.39, 0.29) is 11.0 Å². The van der Waals surface area contributed by atoms with Crippen LogP contribution < -0.4 is 5.32 Å². The highest BCUT2D eigenvalue weighted by molar-refractivity contribution is 7.17. The molecule has 0 saturated heterocycles. The smallest absolute Gasteiger partial charge is 0.185 e. The van der Waals surface area contributed by atoms with Gasteiger partial charge in [0, 0.05) is 12.1 Å². The predicted molar refractivity (Wildman–Crippen MR) is 66.2 cm³/mol. The first-order chi connectivity index (χ1) is 8.20. The summed E-state index contributed by atoms with van der Waals surface area (Å²) in [7, 11) is 0. The molecule has 3 nitrogen and oxygen atoms in total. The van der Waals surface area contributed by atoms with E-state index >= 15 is 0 Å². The zero-order chi connectivity index (χ0) is 12.3. The van der Waals surface area contributed by atoms with Crippen LogP contribution >= 0.6 is 22.9 Å². The lowest BCUT2D eigenvalue weighted by molar-refractivity contribution is 0.112. The summed E-state index contributed by atoms with van der Waals surface area (Å²) in [6.07, 6.45) is 0.647. The van der Waals surface area contributed by atoms with Crippen LogP contribution in [0.5, 0.6) is 0 Å². The molecule has 0 radical (unpaired) electrons. The summed E-state index contributed by atoms with van der Waals surface area (Å²) in [4.78, 5) is 14.9. The van der Waals surface area contributed by atoms with Crippen LogP contribution in [0.3, 0.4) is 0 Å². The third-order valence-corrected chi connectivity index (χ3v) is 3.44. The van der Waals surface area contributed by atoms with Gasteiger partial charge in [0.05, 0.1) is 0 Å². The molecule has 1 heterocycles. The van der Waals surface area contributed by atoms with E-state index < -0.39 is 0 Å². The second-order valence-electron chi connectivity index (χ2n) is 3.24. The monoisotopic (exact) mass is 270 g/mol. The molecule has 0 saturated carbocycles. The molecule has 1 N–H and O–H groups in total. The number of hydrogen-bond donors (Lipinski definition) is 1. The number of nitrogens with one attached hydrogen (secondary N) is 1. The average Bonchev–Trinajstić information content (AvgIpc) is 2.69. The van der Waals surface area contributed by atoms with Gasteiger partial charge in [-0.1, -0.05) is 41.1 Å². The maximum atomic E-state index is 13.3. The predicted octanol–water partition coefficient (Wildman–Crippen LogP) is 3.36. The summed E-state index contributed by atoms with van der Waals surface area (Å²) in [6.45, 7) is 0.300. The highest BCUT2D eigenvalue weighted by Crippen LogP contribution is 2.25. The molecule has 2 aromatic rings. The Labute approximate surface area is 106 Å². The van der Waals surface area contributed by atoms with E-state index in [1.807, 2.05) is 0 Å². The molecule has 0 bridgehead atoms. The van der Waals surface area contributed by atoms with Crippen LogP contribution in [-0.4, -0.2) is 11.3 Å². The van der Waals surface area contributed by atoms with Crippen molar-refractivity contribution in [1.82, 2.24) is 4.98 Å². The quantitative estimate of drug-likeness (QED) is 0.866. The van der Waals surface area contributed by atoms with Crippen molar-refractivity contribution in [2.24, 2.45) is 0 Å². The van der Waals surface area contributed by atoms with E-state index in [4.69, 9.17) is 11.6 Å². The zero-order valence-corrected chi connectivity index (χ0v) is 10.2. The molecule has 0 unspecified atom stereocenters. The number of nitrogens with zero attached hydrogens (tertiary/aromatic N) is 1. The number of thiazole rings is 1. The van der Waals surface area contributed by atoms with Crippen molar-refractivity contribution in [3.8, 4) is 0 Å². The summed E-state index contributed by atoms with van der Waals surface area (Å²) < 4.78 is 13.3. The highest BCUT2D eigenvalue weighted by Gasteiger charge is 2.08. The number of halogens is 2. The fourth-order valence-electron chi connectivity index (χ4n) is 1.27. The molecular formula is C11H8ClFN2OS. The SMILES string of the molecule is O=Cc1sc(NCc2ccccc2F)nc1Cl. The Morgan fingerprint density at radius 1 is 1.47 bits per heavy atom. The summed E-state index contributed by atoms with van der Waals surface area (Å²) in [5, 5.41) is 3.59. The van der Waals surface area contributed by atoms with Crippen molar-refractivity contribution in [1.29, 1.82) is 0 Å². The van der Waals surface area contributed by atoms with Gasteiger partial charge in [0.1, 0.15) is 10.7 Å². The topological polar surface area (TPSA) is 42.0 Å². The van der Waals surface area contributed by atoms with Gasteiger partial charge in [0.2, 0.25) is 0 Å². The summed E-state index contributed by atoms with van der Waals surface area (Å²) in [5.41, 5.74) is 0.534. The van der Waals surface area contributed by atoms with Gasteiger partial charge in [-0.05, 0) is 6.07 Å². The second-order valence-corrected chi connectivity index (χ2v) is 4.63. The van der Waals surface area contributed by atoms with Crippen molar-refractivity contribution in [3.63, 3.8) is 0 Å². The number of aromatic nitrogens is 1. The summed E-state index contributed by atoms with van der Waals surface area (Å²) in [6, 6.07) is 6.45. The summed E-state index contributed by atoms with van der Waals surface area (Å²) in [5.74, 6) is -0.279. The third-order valence-electron chi connectivity index (χ3n) is 2.10. The average molecular weight is 271 g/mol. The molecule has 0 aliphatic carbocycles. The minimum atomic E-state index is -0.279. The van der Waals surface area contributed by atoms with Gasteiger partial charge in [0.25, 0.3) is 0 Å². The van der Waals surface area contributed by atoms with Crippen LogP contribution in [0.25, 0.3) is 0 Å². The van der Waals surface area contributed by atoms with Crippen molar-refractivity contribution < 1.29 is 9.18 Å². The minimum absolute atomic E-state index is 0.168. The molecule has 0 amide bonds. The van der Waals surface area contributed by atoms with Crippen molar-refractivity contribution in [2.75, 3.05) is 5.32 Å². The van der Waals surface area contributed by atoms with Gasteiger partial charge in [0.15, 0.2) is 16.6 Å². The number of hydrogen-bond acceptors (Lipinski definition) is 4. The Balaban J connectivity index is 2.07. The lowest BCUT2D eigenvalue weighted by Crippen LogP contribution is -2.00. The van der Waals surface area contributed by atoms with E-state index in [0.29, 0.717) is 28.4 Å². The Morgan fingerprint density at radius 3 is 2.88 bits per heavy atom. The first kappa shape index (κ1) is 12.0. The largest absolute Gasteiger partial charge is 0.357 e. The highest BCUT2D eigenvalue weighted by atomic mass is 35.5. The number of carbonyl (C=O) groups is 1. The first-order valence-electron chi connectivity index (χ1n) is 4.79. The molecule has 0 aliphatic rings. The number of carbonyl (C=O) groups excluding carboxylic acids is 1. The van der Waals surface area contributed by atoms with Gasteiger partial charge in [-0.15, -0.1) is 0 Å². The molecule has 1 aromatic heterocycles. The Kier molecular flexibility index (Phi) is 3.71. The van der Waals surface area contributed by atoms with Crippen molar-refractivity contribution >= 4 is 34.4 Å². The summed E-state index contributed by atoms with van der Waals surface area (Å²) >= 11 is 6.85. The lowest BCUT2D eigenvalue weighted by Gasteiger charge is -2.03. The molecule has 0 aliphatic heterocycles. The Morgan fingerprint density at radius 2 is 2.24 bits per heavy atom. The lowest BCUT2D eigenvalue weighted by atomic mass is 10.2. The molecule has 1 aromatic carbocycles. The second kappa shape index (κ2) is 5.25. The molecule has 0 fully saturated rings. The molecule has 17 heavy (non-hydrogen) atoms. The Bertz CT molecular complexity index is 544. The van der Waals surface area contributed by atoms with E-state index in [9.17, 15) is 9.18 Å². The first-order valence-corrected chi connectivity index (χ1v) is 5.99. The standard InChI is InChI=1S/C11H8ClFN2OS/c12-10-9(6-16)17-11(15-10)14-5-7-3-1-2-4-8(7)13/h1-4,6H,5H2,(H,14,15). The number of anilines is 1. The maximum Gasteiger partial charge on any atom is 0.185 e. The maximum absolute atomic E-state index is 13.3. The van der Waals surface area contributed by atoms with Crippen LogP contribution in [0.2, 0.25) is 5.15 Å². The molecule has 88 valence electrons. The molecule has 2 rings (SSSR count). The molecule has 0 spiro atoms. The van der Waals surface area contributed by atoms with E-state index in [1.165, 1.54) is 6.07 Å². The van der Waals surface area contributed by atoms with E-state index in [1.54, 1.807) is 18.2 Å². The molecule has 0 atom stereocenters.